The molecule has 0 aliphatic heterocycles. The first-order valence-corrected chi connectivity index (χ1v) is 12.0. The van der Waals surface area contributed by atoms with Crippen molar-refractivity contribution in [2.45, 2.75) is 18.3 Å². The van der Waals surface area contributed by atoms with Gasteiger partial charge in [-0.3, -0.25) is 4.98 Å². The number of hydrogen-bond acceptors (Lipinski definition) is 6. The van der Waals surface area contributed by atoms with Gasteiger partial charge < -0.3 is 0 Å². The highest BCUT2D eigenvalue weighted by molar-refractivity contribution is 9.11. The Morgan fingerprint density at radius 3 is 2.56 bits per heavy atom. The quantitative estimate of drug-likeness (QED) is 0.412. The molecule has 0 N–H and O–H groups in total. The maximum Gasteiger partial charge on any atom is 0.433 e. The Morgan fingerprint density at radius 2 is 2.00 bits per heavy atom. The minimum Gasteiger partial charge on any atom is -0.251 e. The third kappa shape index (κ3) is 4.76. The summed E-state index contributed by atoms with van der Waals surface area (Å²) < 4.78 is 56.2. The minimum absolute atomic E-state index is 0.369. The Hall–Kier alpha value is -1.30. The van der Waals surface area contributed by atoms with E-state index < -0.39 is 26.8 Å². The summed E-state index contributed by atoms with van der Waals surface area (Å²) in [6, 6.07) is 6.01. The van der Waals surface area contributed by atoms with Crippen molar-refractivity contribution in [2.75, 3.05) is 6.26 Å². The topological polar surface area (TPSA) is 55.2 Å². The van der Waals surface area contributed by atoms with Crippen LogP contribution in [0, 0.1) is 0 Å². The van der Waals surface area contributed by atoms with Gasteiger partial charge in [-0.2, -0.15) is 17.5 Å². The second kappa shape index (κ2) is 7.61. The molecule has 0 aliphatic carbocycles. The standard InChI is InChI=1S/C16H13BrF3N3OS3/c1-9(10-3-5-13(21-7-10)16(18,19)20)27(2,24)23-15-22-11(8-25-15)12-4-6-14(17)26-12/h3-9H,1-2H3. The average Bonchev–Trinajstić information content (AvgIpc) is 3.22. The van der Waals surface area contributed by atoms with Gasteiger partial charge in [0.2, 0.25) is 5.13 Å². The molecule has 2 atom stereocenters. The fraction of sp³-hybridized carbons (Fsp3) is 0.250. The molecule has 2 unspecified atom stereocenters. The molecule has 3 aromatic heterocycles. The van der Waals surface area contributed by atoms with Crippen LogP contribution in [0.15, 0.2) is 44.0 Å². The van der Waals surface area contributed by atoms with E-state index >= 15 is 0 Å². The average molecular weight is 496 g/mol. The molecule has 4 nitrogen and oxygen atoms in total. The molecule has 0 spiro atoms. The molecule has 0 saturated carbocycles. The molecular formula is C16H13BrF3N3OS3. The molecule has 0 aliphatic rings. The Kier molecular flexibility index (Phi) is 5.76. The van der Waals surface area contributed by atoms with Gasteiger partial charge in [0.1, 0.15) is 5.69 Å². The summed E-state index contributed by atoms with van der Waals surface area (Å²) in [4.78, 5) is 8.79. The van der Waals surface area contributed by atoms with Gasteiger partial charge >= 0.3 is 6.18 Å². The molecule has 3 heterocycles. The Bertz CT molecular complexity index is 1070. The second-order valence-electron chi connectivity index (χ2n) is 5.69. The van der Waals surface area contributed by atoms with Crippen LogP contribution in [0.2, 0.25) is 0 Å². The predicted octanol–water partition coefficient (Wildman–Crippen LogP) is 6.54. The molecule has 3 rings (SSSR count). The van der Waals surface area contributed by atoms with Crippen molar-refractivity contribution in [3.63, 3.8) is 0 Å². The van der Waals surface area contributed by atoms with Crippen LogP contribution in [0.4, 0.5) is 18.3 Å². The number of hydrogen-bond donors (Lipinski definition) is 0. The monoisotopic (exact) mass is 495 g/mol. The first-order valence-electron chi connectivity index (χ1n) is 7.51. The Balaban J connectivity index is 1.87. The van der Waals surface area contributed by atoms with Gasteiger partial charge in [0.05, 0.1) is 29.3 Å². The highest BCUT2D eigenvalue weighted by atomic mass is 79.9. The van der Waals surface area contributed by atoms with E-state index in [4.69, 9.17) is 0 Å². The number of pyridine rings is 1. The maximum atomic E-state index is 13.0. The summed E-state index contributed by atoms with van der Waals surface area (Å²) in [7, 11) is -2.78. The normalized spacial score (nSPS) is 15.3. The summed E-state index contributed by atoms with van der Waals surface area (Å²) in [5.74, 6) is 0. The number of aromatic nitrogens is 2. The van der Waals surface area contributed by atoms with Gasteiger partial charge in [-0.1, -0.05) is 6.07 Å². The number of thiophene rings is 1. The van der Waals surface area contributed by atoms with Crippen LogP contribution in [-0.4, -0.2) is 20.4 Å². The fourth-order valence-corrected chi connectivity index (χ4v) is 5.91. The lowest BCUT2D eigenvalue weighted by atomic mass is 10.2. The first-order chi connectivity index (χ1) is 12.6. The van der Waals surface area contributed by atoms with Crippen molar-refractivity contribution < 1.29 is 17.4 Å². The van der Waals surface area contributed by atoms with Crippen LogP contribution in [-0.2, 0) is 15.9 Å². The lowest BCUT2D eigenvalue weighted by Gasteiger charge is -2.14. The van der Waals surface area contributed by atoms with Crippen LogP contribution in [0.1, 0.15) is 23.4 Å². The molecule has 0 amide bonds. The van der Waals surface area contributed by atoms with Gasteiger partial charge in [-0.15, -0.1) is 22.7 Å². The van der Waals surface area contributed by atoms with Gasteiger partial charge in [0.25, 0.3) is 0 Å². The Morgan fingerprint density at radius 1 is 1.26 bits per heavy atom. The second-order valence-corrected chi connectivity index (χ2v) is 11.6. The molecule has 0 radical (unpaired) electrons. The van der Waals surface area contributed by atoms with E-state index in [0.717, 1.165) is 26.6 Å². The number of thiazole rings is 1. The molecule has 0 saturated heterocycles. The summed E-state index contributed by atoms with van der Waals surface area (Å²) in [6.07, 6.45) is -1.94. The third-order valence-electron chi connectivity index (χ3n) is 3.78. The minimum atomic E-state index is -4.51. The lowest BCUT2D eigenvalue weighted by Crippen LogP contribution is -2.11. The van der Waals surface area contributed by atoms with Gasteiger partial charge in [-0.05, 0) is 46.6 Å². The zero-order chi connectivity index (χ0) is 19.8. The number of alkyl halides is 3. The lowest BCUT2D eigenvalue weighted by molar-refractivity contribution is -0.141. The van der Waals surface area contributed by atoms with E-state index in [1.807, 2.05) is 17.5 Å². The van der Waals surface area contributed by atoms with Crippen LogP contribution in [0.5, 0.6) is 0 Å². The van der Waals surface area contributed by atoms with Crippen LogP contribution in [0.25, 0.3) is 10.6 Å². The highest BCUT2D eigenvalue weighted by Gasteiger charge is 2.32. The van der Waals surface area contributed by atoms with Crippen LogP contribution in [0.3, 0.4) is 0 Å². The molecule has 144 valence electrons. The van der Waals surface area contributed by atoms with E-state index in [1.54, 1.807) is 6.92 Å². The molecule has 0 bridgehead atoms. The van der Waals surface area contributed by atoms with Crippen LogP contribution < -0.4 is 0 Å². The zero-order valence-corrected chi connectivity index (χ0v) is 18.1. The van der Waals surface area contributed by atoms with Crippen molar-refractivity contribution in [3.05, 3.63) is 50.9 Å². The SMILES string of the molecule is CC(c1ccc(C(F)(F)F)nc1)S(C)(=O)=Nc1nc(-c2ccc(Br)s2)cs1. The van der Waals surface area contributed by atoms with Gasteiger partial charge in [0, 0.05) is 17.8 Å². The fourth-order valence-electron chi connectivity index (χ4n) is 2.17. The predicted molar refractivity (Wildman–Crippen MR) is 107 cm³/mol. The van der Waals surface area contributed by atoms with E-state index in [-0.39, 0.29) is 0 Å². The highest BCUT2D eigenvalue weighted by Crippen LogP contribution is 2.35. The van der Waals surface area contributed by atoms with Crippen molar-refractivity contribution in [3.8, 4) is 10.6 Å². The molecule has 0 fully saturated rings. The summed E-state index contributed by atoms with van der Waals surface area (Å²) >= 11 is 6.19. The molecule has 11 heteroatoms. The smallest absolute Gasteiger partial charge is 0.251 e. The molecule has 0 aromatic carbocycles. The van der Waals surface area contributed by atoms with E-state index in [1.165, 1.54) is 35.0 Å². The number of nitrogens with zero attached hydrogens (tertiary/aromatic N) is 3. The summed E-state index contributed by atoms with van der Waals surface area (Å²) in [5, 5.41) is 1.60. The van der Waals surface area contributed by atoms with Gasteiger partial charge in [-0.25, -0.2) is 9.19 Å². The van der Waals surface area contributed by atoms with Crippen molar-refractivity contribution >= 4 is 53.5 Å². The van der Waals surface area contributed by atoms with Crippen molar-refractivity contribution in [1.82, 2.24) is 9.97 Å². The summed E-state index contributed by atoms with van der Waals surface area (Å²) in [6.45, 7) is 1.65. The number of halogens is 4. The van der Waals surface area contributed by atoms with Gasteiger partial charge in [0.15, 0.2) is 0 Å². The first kappa shape index (κ1) is 20.4. The van der Waals surface area contributed by atoms with Crippen molar-refractivity contribution in [1.29, 1.82) is 0 Å². The third-order valence-corrected chi connectivity index (χ3v) is 8.40. The molecule has 27 heavy (non-hydrogen) atoms. The zero-order valence-electron chi connectivity index (χ0n) is 14.0. The van der Waals surface area contributed by atoms with E-state index in [9.17, 15) is 17.4 Å². The maximum absolute atomic E-state index is 13.0. The van der Waals surface area contributed by atoms with Crippen LogP contribution >= 0.6 is 38.6 Å². The van der Waals surface area contributed by atoms with E-state index in [0.29, 0.717) is 10.7 Å². The summed E-state index contributed by atoms with van der Waals surface area (Å²) in [5.41, 5.74) is 0.191. The van der Waals surface area contributed by atoms with Crippen molar-refractivity contribution in [2.24, 2.45) is 4.36 Å². The largest absolute Gasteiger partial charge is 0.433 e. The Labute approximate surface area is 170 Å². The molecular weight excluding hydrogens is 483 g/mol. The van der Waals surface area contributed by atoms with E-state index in [2.05, 4.69) is 30.3 Å². The molecule has 3 aromatic rings. The number of rotatable bonds is 4.